The van der Waals surface area contributed by atoms with Gasteiger partial charge in [0.15, 0.2) is 0 Å². The van der Waals surface area contributed by atoms with E-state index in [4.69, 9.17) is 5.73 Å². The van der Waals surface area contributed by atoms with E-state index in [2.05, 4.69) is 10.6 Å². The van der Waals surface area contributed by atoms with Crippen LogP contribution >= 0.6 is 0 Å². The Morgan fingerprint density at radius 2 is 1.82 bits per heavy atom. The Morgan fingerprint density at radius 3 is 2.29 bits per heavy atom. The van der Waals surface area contributed by atoms with Gasteiger partial charge in [-0.1, -0.05) is 6.92 Å². The van der Waals surface area contributed by atoms with Gasteiger partial charge in [0.2, 0.25) is 11.8 Å². The Morgan fingerprint density at radius 1 is 1.18 bits per heavy atom. The van der Waals surface area contributed by atoms with Gasteiger partial charge >= 0.3 is 0 Å². The average molecular weight is 243 g/mol. The number of hydrogen-bond acceptors (Lipinski definition) is 3. The van der Waals surface area contributed by atoms with Crippen LogP contribution in [0.2, 0.25) is 0 Å². The summed E-state index contributed by atoms with van der Waals surface area (Å²) in [5.74, 6) is -0.208. The summed E-state index contributed by atoms with van der Waals surface area (Å²) in [6.45, 7) is 6.18. The van der Waals surface area contributed by atoms with Gasteiger partial charge in [-0.15, -0.1) is 0 Å². The third-order valence-corrected chi connectivity index (χ3v) is 2.35. The van der Waals surface area contributed by atoms with Gasteiger partial charge in [-0.25, -0.2) is 0 Å². The van der Waals surface area contributed by atoms with Crippen molar-refractivity contribution in [2.75, 3.05) is 6.54 Å². The van der Waals surface area contributed by atoms with Crippen molar-refractivity contribution in [3.8, 4) is 0 Å². The van der Waals surface area contributed by atoms with E-state index < -0.39 is 6.04 Å². The van der Waals surface area contributed by atoms with E-state index in [1.54, 1.807) is 6.92 Å². The number of amides is 2. The molecule has 0 aromatic rings. The minimum absolute atomic E-state index is 0.0815. The first-order valence-corrected chi connectivity index (χ1v) is 6.31. The number of rotatable bonds is 8. The Labute approximate surface area is 104 Å². The van der Waals surface area contributed by atoms with Crippen molar-refractivity contribution in [1.82, 2.24) is 10.6 Å². The number of carbonyl (C=O) groups is 2. The maximum Gasteiger partial charge on any atom is 0.242 e. The zero-order valence-corrected chi connectivity index (χ0v) is 11.1. The van der Waals surface area contributed by atoms with Crippen LogP contribution in [-0.4, -0.2) is 30.4 Å². The molecule has 0 aromatic heterocycles. The van der Waals surface area contributed by atoms with Crippen LogP contribution in [0.25, 0.3) is 0 Å². The minimum Gasteiger partial charge on any atom is -0.352 e. The molecule has 0 saturated heterocycles. The molecule has 17 heavy (non-hydrogen) atoms. The molecular formula is C12H25N3O2. The van der Waals surface area contributed by atoms with Crippen molar-refractivity contribution < 1.29 is 9.59 Å². The van der Waals surface area contributed by atoms with Crippen molar-refractivity contribution in [3.05, 3.63) is 0 Å². The molecule has 0 bridgehead atoms. The van der Waals surface area contributed by atoms with Crippen LogP contribution in [0.1, 0.15) is 46.5 Å². The molecule has 2 amide bonds. The van der Waals surface area contributed by atoms with Crippen molar-refractivity contribution >= 4 is 11.8 Å². The number of unbranched alkanes of at least 4 members (excludes halogenated alkanes) is 1. The first kappa shape index (κ1) is 15.9. The van der Waals surface area contributed by atoms with E-state index >= 15 is 0 Å². The van der Waals surface area contributed by atoms with Crippen molar-refractivity contribution in [2.24, 2.45) is 5.73 Å². The van der Waals surface area contributed by atoms with Crippen LogP contribution in [0.15, 0.2) is 0 Å². The van der Waals surface area contributed by atoms with Crippen LogP contribution < -0.4 is 16.4 Å². The summed E-state index contributed by atoms with van der Waals surface area (Å²) < 4.78 is 0. The molecule has 0 rings (SSSR count). The molecule has 0 saturated carbocycles. The molecule has 0 radical (unpaired) electrons. The summed E-state index contributed by atoms with van der Waals surface area (Å²) in [4.78, 5) is 23.2. The molecule has 0 heterocycles. The highest BCUT2D eigenvalue weighted by atomic mass is 16.2. The zero-order valence-electron chi connectivity index (χ0n) is 11.1. The van der Waals surface area contributed by atoms with Gasteiger partial charge in [0.1, 0.15) is 6.04 Å². The lowest BCUT2D eigenvalue weighted by atomic mass is 10.1. The number of nitrogens with two attached hydrogens (primary N) is 1. The van der Waals surface area contributed by atoms with Gasteiger partial charge in [0.25, 0.3) is 0 Å². The maximum absolute atomic E-state index is 11.8. The maximum atomic E-state index is 11.8. The van der Waals surface area contributed by atoms with Crippen molar-refractivity contribution in [3.63, 3.8) is 0 Å². The van der Waals surface area contributed by atoms with E-state index in [1.165, 1.54) is 0 Å². The lowest BCUT2D eigenvalue weighted by Crippen LogP contribution is -2.48. The highest BCUT2D eigenvalue weighted by Crippen LogP contribution is 2.02. The van der Waals surface area contributed by atoms with Gasteiger partial charge in [0.05, 0.1) is 0 Å². The molecule has 1 unspecified atom stereocenters. The molecule has 0 aliphatic carbocycles. The van der Waals surface area contributed by atoms with Crippen molar-refractivity contribution in [2.45, 2.75) is 58.5 Å². The largest absolute Gasteiger partial charge is 0.352 e. The number of hydrogen-bond donors (Lipinski definition) is 3. The van der Waals surface area contributed by atoms with E-state index in [1.807, 2.05) is 13.8 Å². The fourth-order valence-electron chi connectivity index (χ4n) is 1.44. The van der Waals surface area contributed by atoms with E-state index in [0.717, 1.165) is 12.8 Å². The van der Waals surface area contributed by atoms with Crippen LogP contribution in [0.5, 0.6) is 0 Å². The molecule has 0 spiro atoms. The predicted molar refractivity (Wildman–Crippen MR) is 68.4 cm³/mol. The van der Waals surface area contributed by atoms with Crippen LogP contribution in [0.4, 0.5) is 0 Å². The molecule has 4 N–H and O–H groups in total. The normalized spacial score (nSPS) is 12.3. The summed E-state index contributed by atoms with van der Waals surface area (Å²) in [7, 11) is 0. The predicted octanol–water partition coefficient (Wildman–Crippen LogP) is 0.535. The van der Waals surface area contributed by atoms with E-state index in [-0.39, 0.29) is 17.9 Å². The smallest absolute Gasteiger partial charge is 0.242 e. The van der Waals surface area contributed by atoms with Gasteiger partial charge in [-0.3, -0.25) is 9.59 Å². The molecule has 1 atom stereocenters. The second-order valence-electron chi connectivity index (χ2n) is 4.42. The Balaban J connectivity index is 4.27. The second kappa shape index (κ2) is 8.98. The lowest BCUT2D eigenvalue weighted by molar-refractivity contribution is -0.129. The fraction of sp³-hybridized carbons (Fsp3) is 0.833. The summed E-state index contributed by atoms with van der Waals surface area (Å²) in [6, 6.07) is -0.352. The number of nitrogens with one attached hydrogen (secondary N) is 2. The zero-order chi connectivity index (χ0) is 13.3. The molecule has 0 aromatic carbocycles. The fourth-order valence-corrected chi connectivity index (χ4v) is 1.44. The highest BCUT2D eigenvalue weighted by Gasteiger charge is 2.19. The Hall–Kier alpha value is -1.10. The first-order chi connectivity index (χ1) is 8.01. The first-order valence-electron chi connectivity index (χ1n) is 6.31. The van der Waals surface area contributed by atoms with Gasteiger partial charge in [-0.05, 0) is 39.7 Å². The molecular weight excluding hydrogens is 218 g/mol. The molecule has 5 heteroatoms. The molecule has 0 aliphatic heterocycles. The van der Waals surface area contributed by atoms with Crippen molar-refractivity contribution in [1.29, 1.82) is 0 Å². The van der Waals surface area contributed by atoms with Gasteiger partial charge in [0, 0.05) is 12.5 Å². The summed E-state index contributed by atoms with van der Waals surface area (Å²) >= 11 is 0. The SMILES string of the molecule is CCC(=O)NC(CCCCN)C(=O)NC(C)C. The van der Waals surface area contributed by atoms with Crippen LogP contribution in [0.3, 0.4) is 0 Å². The molecule has 5 nitrogen and oxygen atoms in total. The summed E-state index contributed by atoms with van der Waals surface area (Å²) in [5, 5.41) is 5.55. The van der Waals surface area contributed by atoms with E-state index in [0.29, 0.717) is 19.4 Å². The second-order valence-corrected chi connectivity index (χ2v) is 4.42. The third-order valence-electron chi connectivity index (χ3n) is 2.35. The molecule has 0 fully saturated rings. The molecule has 0 aliphatic rings. The van der Waals surface area contributed by atoms with Crippen LogP contribution in [0, 0.1) is 0 Å². The minimum atomic E-state index is -0.434. The average Bonchev–Trinajstić information content (AvgIpc) is 2.26. The van der Waals surface area contributed by atoms with Crippen LogP contribution in [-0.2, 0) is 9.59 Å². The summed E-state index contributed by atoms with van der Waals surface area (Å²) in [5.41, 5.74) is 5.41. The van der Waals surface area contributed by atoms with Gasteiger partial charge < -0.3 is 16.4 Å². The highest BCUT2D eigenvalue weighted by molar-refractivity contribution is 5.87. The lowest BCUT2D eigenvalue weighted by Gasteiger charge is -2.19. The Bertz CT molecular complexity index is 242. The quantitative estimate of drug-likeness (QED) is 0.544. The third kappa shape index (κ3) is 7.74. The van der Waals surface area contributed by atoms with E-state index in [9.17, 15) is 9.59 Å². The Kier molecular flexibility index (Phi) is 8.40. The topological polar surface area (TPSA) is 84.2 Å². The monoisotopic (exact) mass is 243 g/mol. The standard InChI is InChI=1S/C12H25N3O2/c1-4-11(16)15-10(7-5-6-8-13)12(17)14-9(2)3/h9-10H,4-8,13H2,1-3H3,(H,14,17)(H,15,16). The summed E-state index contributed by atoms with van der Waals surface area (Å²) in [6.07, 6.45) is 2.74. The molecule has 100 valence electrons. The van der Waals surface area contributed by atoms with Gasteiger partial charge in [-0.2, -0.15) is 0 Å². The number of carbonyl (C=O) groups excluding carboxylic acids is 2.